The van der Waals surface area contributed by atoms with E-state index < -0.39 is 0 Å². The number of carbonyl (C=O) groups excluding carboxylic acids is 1. The van der Waals surface area contributed by atoms with Crippen LogP contribution in [-0.2, 0) is 4.79 Å². The van der Waals surface area contributed by atoms with Gasteiger partial charge in [0.25, 0.3) is 0 Å². The number of hydrogen-bond donors (Lipinski definition) is 1. The zero-order valence-electron chi connectivity index (χ0n) is 10.7. The number of para-hydroxylation sites is 1. The van der Waals surface area contributed by atoms with E-state index in [1.807, 2.05) is 0 Å². The lowest BCUT2D eigenvalue weighted by molar-refractivity contribution is -0.114. The average Bonchev–Trinajstić information content (AvgIpc) is 2.44. The van der Waals surface area contributed by atoms with Gasteiger partial charge in [-0.05, 0) is 18.2 Å². The van der Waals surface area contributed by atoms with Gasteiger partial charge in [0.2, 0.25) is 11.9 Å². The largest absolute Gasteiger partial charge is 0.335 e. The molecule has 0 spiro atoms. The molecule has 0 fully saturated rings. The van der Waals surface area contributed by atoms with Gasteiger partial charge in [-0.1, -0.05) is 29.3 Å². The summed E-state index contributed by atoms with van der Waals surface area (Å²) in [6.07, 6.45) is 3.23. The van der Waals surface area contributed by atoms with Crippen molar-refractivity contribution in [2.24, 2.45) is 0 Å². The highest BCUT2D eigenvalue weighted by molar-refractivity contribution is 6.39. The van der Waals surface area contributed by atoms with Crippen LogP contribution in [0.25, 0.3) is 0 Å². The predicted octanol–water partition coefficient (Wildman–Crippen LogP) is 2.86. The van der Waals surface area contributed by atoms with E-state index in [1.54, 1.807) is 48.6 Å². The lowest BCUT2D eigenvalue weighted by Gasteiger charge is -2.16. The number of anilines is 2. The van der Waals surface area contributed by atoms with Crippen LogP contribution in [0.4, 0.5) is 11.6 Å². The van der Waals surface area contributed by atoms with Crippen LogP contribution in [0.15, 0.2) is 36.7 Å². The molecule has 104 valence electrons. The molecular weight excluding hydrogens is 299 g/mol. The lowest BCUT2D eigenvalue weighted by Crippen LogP contribution is -2.31. The van der Waals surface area contributed by atoms with Crippen LogP contribution in [-0.4, -0.2) is 29.5 Å². The highest BCUT2D eigenvalue weighted by Crippen LogP contribution is 2.29. The first-order chi connectivity index (χ1) is 9.58. The third-order valence-electron chi connectivity index (χ3n) is 2.50. The number of likely N-dealkylation sites (N-methyl/N-ethyl adjacent to an activating group) is 1. The van der Waals surface area contributed by atoms with E-state index in [-0.39, 0.29) is 12.5 Å². The maximum Gasteiger partial charge on any atom is 0.244 e. The second-order valence-electron chi connectivity index (χ2n) is 4.05. The van der Waals surface area contributed by atoms with Crippen LogP contribution in [0.3, 0.4) is 0 Å². The van der Waals surface area contributed by atoms with Crippen LogP contribution < -0.4 is 10.2 Å². The molecule has 1 aromatic heterocycles. The second kappa shape index (κ2) is 6.54. The van der Waals surface area contributed by atoms with Crippen molar-refractivity contribution in [3.63, 3.8) is 0 Å². The molecule has 0 saturated carbocycles. The summed E-state index contributed by atoms with van der Waals surface area (Å²) >= 11 is 12.0. The van der Waals surface area contributed by atoms with Gasteiger partial charge < -0.3 is 10.2 Å². The molecule has 0 aliphatic rings. The summed E-state index contributed by atoms with van der Waals surface area (Å²) in [6.45, 7) is 0.0889. The van der Waals surface area contributed by atoms with Gasteiger partial charge in [0, 0.05) is 19.4 Å². The van der Waals surface area contributed by atoms with Gasteiger partial charge in [-0.2, -0.15) is 0 Å². The molecule has 5 nitrogen and oxygen atoms in total. The molecule has 0 atom stereocenters. The number of benzene rings is 1. The molecule has 2 rings (SSSR count). The van der Waals surface area contributed by atoms with Gasteiger partial charge in [0.1, 0.15) is 0 Å². The normalized spacial score (nSPS) is 10.2. The molecule has 0 radical (unpaired) electrons. The van der Waals surface area contributed by atoms with Crippen LogP contribution in [0.5, 0.6) is 0 Å². The molecule has 1 amide bonds. The van der Waals surface area contributed by atoms with Crippen molar-refractivity contribution in [3.05, 3.63) is 46.7 Å². The predicted molar refractivity (Wildman–Crippen MR) is 80.4 cm³/mol. The van der Waals surface area contributed by atoms with Gasteiger partial charge in [0.15, 0.2) is 0 Å². The van der Waals surface area contributed by atoms with Gasteiger partial charge in [-0.3, -0.25) is 4.79 Å². The quantitative estimate of drug-likeness (QED) is 0.943. The molecule has 2 aromatic rings. The van der Waals surface area contributed by atoms with E-state index in [2.05, 4.69) is 15.3 Å². The number of nitrogens with zero attached hydrogens (tertiary/aromatic N) is 3. The number of carbonyl (C=O) groups is 1. The molecule has 1 heterocycles. The smallest absolute Gasteiger partial charge is 0.244 e. The molecular formula is C13H12Cl2N4O. The summed E-state index contributed by atoms with van der Waals surface area (Å²) in [5.74, 6) is 0.211. The van der Waals surface area contributed by atoms with E-state index in [9.17, 15) is 4.79 Å². The molecule has 0 bridgehead atoms. The van der Waals surface area contributed by atoms with Crippen molar-refractivity contribution in [1.29, 1.82) is 0 Å². The fourth-order valence-electron chi connectivity index (χ4n) is 1.57. The number of rotatable bonds is 4. The molecule has 20 heavy (non-hydrogen) atoms. The highest BCUT2D eigenvalue weighted by atomic mass is 35.5. The Morgan fingerprint density at radius 1 is 1.20 bits per heavy atom. The summed E-state index contributed by atoms with van der Waals surface area (Å²) in [6, 6.07) is 6.74. The van der Waals surface area contributed by atoms with Crippen LogP contribution >= 0.6 is 23.2 Å². The topological polar surface area (TPSA) is 58.1 Å². The van der Waals surface area contributed by atoms with E-state index in [4.69, 9.17) is 23.2 Å². The SMILES string of the molecule is CN(CC(=O)Nc1c(Cl)cccc1Cl)c1ncccn1. The zero-order chi connectivity index (χ0) is 14.5. The fourth-order valence-corrected chi connectivity index (χ4v) is 2.06. The van der Waals surface area contributed by atoms with Crippen LogP contribution in [0.2, 0.25) is 10.0 Å². The molecule has 0 aliphatic heterocycles. The van der Waals surface area contributed by atoms with Gasteiger partial charge in [-0.15, -0.1) is 0 Å². The third kappa shape index (κ3) is 3.59. The minimum atomic E-state index is -0.255. The van der Waals surface area contributed by atoms with Crippen molar-refractivity contribution < 1.29 is 4.79 Å². The summed E-state index contributed by atoms with van der Waals surface area (Å²) in [5, 5.41) is 3.47. The Morgan fingerprint density at radius 3 is 2.40 bits per heavy atom. The Labute approximate surface area is 126 Å². The average molecular weight is 311 g/mol. The first-order valence-electron chi connectivity index (χ1n) is 5.80. The van der Waals surface area contributed by atoms with E-state index in [0.717, 1.165) is 0 Å². The van der Waals surface area contributed by atoms with Gasteiger partial charge >= 0.3 is 0 Å². The molecule has 1 N–H and O–H groups in total. The minimum absolute atomic E-state index is 0.0889. The molecule has 0 unspecified atom stereocenters. The van der Waals surface area contributed by atoms with Gasteiger partial charge in [0.05, 0.1) is 22.3 Å². The monoisotopic (exact) mass is 310 g/mol. The first-order valence-corrected chi connectivity index (χ1v) is 6.55. The van der Waals surface area contributed by atoms with Crippen molar-refractivity contribution >= 4 is 40.7 Å². The van der Waals surface area contributed by atoms with E-state index >= 15 is 0 Å². The van der Waals surface area contributed by atoms with Crippen LogP contribution in [0, 0.1) is 0 Å². The Hall–Kier alpha value is -1.85. The Kier molecular flexibility index (Phi) is 4.76. The number of halogens is 2. The maximum absolute atomic E-state index is 12.0. The summed E-state index contributed by atoms with van der Waals surface area (Å²) < 4.78 is 0. The van der Waals surface area contributed by atoms with Gasteiger partial charge in [-0.25, -0.2) is 9.97 Å². The standard InChI is InChI=1S/C13H12Cl2N4O/c1-19(13-16-6-3-7-17-13)8-11(20)18-12-9(14)4-2-5-10(12)15/h2-7H,8H2,1H3,(H,18,20). The van der Waals surface area contributed by atoms with Crippen LogP contribution in [0.1, 0.15) is 0 Å². The number of amides is 1. The number of hydrogen-bond acceptors (Lipinski definition) is 4. The molecule has 0 saturated heterocycles. The van der Waals surface area contributed by atoms with Crippen molar-refractivity contribution in [2.45, 2.75) is 0 Å². The van der Waals surface area contributed by atoms with E-state index in [1.165, 1.54) is 0 Å². The number of aromatic nitrogens is 2. The number of nitrogens with one attached hydrogen (secondary N) is 1. The highest BCUT2D eigenvalue weighted by Gasteiger charge is 2.12. The summed E-state index contributed by atoms with van der Waals surface area (Å²) in [4.78, 5) is 21.7. The molecule has 0 aliphatic carbocycles. The summed E-state index contributed by atoms with van der Waals surface area (Å²) in [7, 11) is 1.73. The van der Waals surface area contributed by atoms with Crippen molar-refractivity contribution in [1.82, 2.24) is 9.97 Å². The Balaban J connectivity index is 2.03. The molecule has 7 heteroatoms. The Bertz CT molecular complexity index is 586. The fraction of sp³-hybridized carbons (Fsp3) is 0.154. The molecule has 1 aromatic carbocycles. The minimum Gasteiger partial charge on any atom is -0.335 e. The zero-order valence-corrected chi connectivity index (χ0v) is 12.2. The van der Waals surface area contributed by atoms with Crippen molar-refractivity contribution in [2.75, 3.05) is 23.8 Å². The second-order valence-corrected chi connectivity index (χ2v) is 4.86. The summed E-state index contributed by atoms with van der Waals surface area (Å²) in [5.41, 5.74) is 0.406. The lowest BCUT2D eigenvalue weighted by atomic mass is 10.3. The Morgan fingerprint density at radius 2 is 1.80 bits per heavy atom. The van der Waals surface area contributed by atoms with Crippen molar-refractivity contribution in [3.8, 4) is 0 Å². The van der Waals surface area contributed by atoms with E-state index in [0.29, 0.717) is 21.7 Å². The third-order valence-corrected chi connectivity index (χ3v) is 3.13. The first kappa shape index (κ1) is 14.6. The maximum atomic E-state index is 12.0.